The van der Waals surface area contributed by atoms with Gasteiger partial charge in [-0.2, -0.15) is 0 Å². The van der Waals surface area contributed by atoms with Gasteiger partial charge in [-0.05, 0) is 0 Å². The van der Waals surface area contributed by atoms with Crippen LogP contribution in [0.25, 0.3) is 19.6 Å². The van der Waals surface area contributed by atoms with Gasteiger partial charge in [-0.15, -0.1) is 0 Å². The molecule has 0 aliphatic carbocycles. The summed E-state index contributed by atoms with van der Waals surface area (Å²) in [7, 11) is -2.21. The molecule has 0 aliphatic rings. The maximum absolute atomic E-state index is 3.70. The first-order valence-corrected chi connectivity index (χ1v) is 17.1. The van der Waals surface area contributed by atoms with Crippen molar-refractivity contribution in [3.63, 3.8) is 0 Å². The van der Waals surface area contributed by atoms with Crippen LogP contribution in [0.15, 0.2) is 12.1 Å². The first-order chi connectivity index (χ1) is 8.66. The predicted molar refractivity (Wildman–Crippen MR) is 95.6 cm³/mol. The van der Waals surface area contributed by atoms with Crippen LogP contribution in [-0.4, -0.2) is 50.1 Å². The van der Waals surface area contributed by atoms with E-state index < -0.39 is 16.1 Å². The summed E-state index contributed by atoms with van der Waals surface area (Å²) in [5.74, 6) is 0. The monoisotopic (exact) mass is 419 g/mol. The zero-order valence-electron chi connectivity index (χ0n) is 12.5. The Kier molecular flexibility index (Phi) is 3.26. The summed E-state index contributed by atoms with van der Waals surface area (Å²) in [5.41, 5.74) is 2.91. The number of hydrogen-bond donors (Lipinski definition) is 1. The molecular formula is C14H21NSe2Si2. The van der Waals surface area contributed by atoms with Crippen LogP contribution in [-0.2, 0) is 0 Å². The molecule has 0 fully saturated rings. The Balaban J connectivity index is 2.22. The maximum atomic E-state index is 3.70. The summed E-state index contributed by atoms with van der Waals surface area (Å²) in [4.78, 5) is 3.70. The molecule has 1 nitrogen and oxygen atoms in total. The van der Waals surface area contributed by atoms with Crippen molar-refractivity contribution in [1.82, 2.24) is 4.98 Å². The second-order valence-corrected chi connectivity index (χ2v) is 23.4. The summed E-state index contributed by atoms with van der Waals surface area (Å²) in [6.07, 6.45) is 0. The van der Waals surface area contributed by atoms with Crippen LogP contribution in [0.2, 0.25) is 39.3 Å². The van der Waals surface area contributed by atoms with Gasteiger partial charge >= 0.3 is 129 Å². The van der Waals surface area contributed by atoms with Crippen molar-refractivity contribution in [2.45, 2.75) is 39.3 Å². The van der Waals surface area contributed by atoms with Crippen molar-refractivity contribution in [2.24, 2.45) is 0 Å². The third-order valence-corrected chi connectivity index (χ3v) is 20.1. The summed E-state index contributed by atoms with van der Waals surface area (Å²) < 4.78 is 6.96. The SMILES string of the molecule is C[Si](C)(C)c1cc2[nH]c3cc([Si](C)(C)C)[se]c3c2[se]1. The Morgan fingerprint density at radius 2 is 1.11 bits per heavy atom. The van der Waals surface area contributed by atoms with E-state index in [-0.39, 0.29) is 0 Å². The first-order valence-electron chi connectivity index (χ1n) is 6.72. The first kappa shape index (κ1) is 14.2. The molecule has 3 aromatic heterocycles. The number of aromatic nitrogens is 1. The molecule has 0 atom stereocenters. The fraction of sp³-hybridized carbons (Fsp3) is 0.429. The number of rotatable bonds is 2. The molecule has 0 unspecified atom stereocenters. The van der Waals surface area contributed by atoms with Crippen LogP contribution in [0.1, 0.15) is 0 Å². The zero-order valence-corrected chi connectivity index (χ0v) is 17.9. The number of aromatic amines is 1. The molecule has 3 heterocycles. The number of hydrogen-bond acceptors (Lipinski definition) is 0. The summed E-state index contributed by atoms with van der Waals surface area (Å²) >= 11 is 1.21. The zero-order chi connectivity index (χ0) is 14.0. The van der Waals surface area contributed by atoms with E-state index in [2.05, 4.69) is 56.4 Å². The second-order valence-electron chi connectivity index (χ2n) is 7.33. The van der Waals surface area contributed by atoms with E-state index in [1.54, 1.807) is 16.6 Å². The Morgan fingerprint density at radius 1 is 0.737 bits per heavy atom. The molecule has 0 amide bonds. The van der Waals surface area contributed by atoms with Crippen LogP contribution < -0.4 is 8.12 Å². The average Bonchev–Trinajstić information content (AvgIpc) is 2.81. The van der Waals surface area contributed by atoms with E-state index in [0.717, 1.165) is 0 Å². The van der Waals surface area contributed by atoms with E-state index in [1.165, 1.54) is 11.0 Å². The van der Waals surface area contributed by atoms with E-state index in [0.29, 0.717) is 29.0 Å². The van der Waals surface area contributed by atoms with Gasteiger partial charge in [-0.1, -0.05) is 0 Å². The second kappa shape index (κ2) is 4.36. The van der Waals surface area contributed by atoms with Gasteiger partial charge in [0.1, 0.15) is 0 Å². The van der Waals surface area contributed by atoms with Gasteiger partial charge in [0, 0.05) is 0 Å². The normalized spacial score (nSPS) is 13.8. The minimum atomic E-state index is -1.10. The molecule has 0 saturated heterocycles. The Bertz CT molecular complexity index is 687. The fourth-order valence-electron chi connectivity index (χ4n) is 2.19. The molecule has 0 spiro atoms. The molecule has 102 valence electrons. The van der Waals surface area contributed by atoms with E-state index in [4.69, 9.17) is 0 Å². The summed E-state index contributed by atoms with van der Waals surface area (Å²) in [6, 6.07) is 4.97. The third-order valence-electron chi connectivity index (χ3n) is 3.42. The summed E-state index contributed by atoms with van der Waals surface area (Å²) in [5, 5.41) is 0. The molecule has 1 N–H and O–H groups in total. The quantitative estimate of drug-likeness (QED) is 0.617. The van der Waals surface area contributed by atoms with Gasteiger partial charge in [0.05, 0.1) is 0 Å². The number of nitrogens with one attached hydrogen (secondary N) is 1. The Hall–Kier alpha value is 0.233. The van der Waals surface area contributed by atoms with Crippen molar-refractivity contribution >= 4 is 72.8 Å². The molecule has 0 saturated carbocycles. The average molecular weight is 417 g/mol. The van der Waals surface area contributed by atoms with Gasteiger partial charge < -0.3 is 0 Å². The van der Waals surface area contributed by atoms with Crippen molar-refractivity contribution < 1.29 is 0 Å². The van der Waals surface area contributed by atoms with Gasteiger partial charge in [0.15, 0.2) is 0 Å². The van der Waals surface area contributed by atoms with Crippen LogP contribution in [0, 0.1) is 0 Å². The molecule has 5 heteroatoms. The van der Waals surface area contributed by atoms with Crippen LogP contribution in [0.3, 0.4) is 0 Å². The standard InChI is InChI=1S/C14H21NSe2Si2/c1-18(2,3)11-7-9-13(16-11)14-10(15-9)8-12(17-14)19(4,5)6/h7-8,15H,1-6H3. The molecule has 0 bridgehead atoms. The van der Waals surface area contributed by atoms with Gasteiger partial charge in [-0.3, -0.25) is 0 Å². The van der Waals surface area contributed by atoms with E-state index in [1.807, 2.05) is 0 Å². The molecule has 3 aromatic rings. The van der Waals surface area contributed by atoms with Crippen molar-refractivity contribution in [1.29, 1.82) is 0 Å². The van der Waals surface area contributed by atoms with Crippen molar-refractivity contribution in [3.8, 4) is 0 Å². The Morgan fingerprint density at radius 3 is 1.42 bits per heavy atom. The predicted octanol–water partition coefficient (Wildman–Crippen LogP) is 2.53. The van der Waals surface area contributed by atoms with Crippen molar-refractivity contribution in [3.05, 3.63) is 12.1 Å². The molecule has 19 heavy (non-hydrogen) atoms. The van der Waals surface area contributed by atoms with Gasteiger partial charge in [0.25, 0.3) is 0 Å². The third kappa shape index (κ3) is 2.46. The molecular weight excluding hydrogens is 396 g/mol. The molecule has 0 aromatic carbocycles. The topological polar surface area (TPSA) is 15.8 Å². The number of fused-ring (bicyclic) bond motifs is 3. The molecule has 3 rings (SSSR count). The molecule has 0 radical (unpaired) electrons. The van der Waals surface area contributed by atoms with E-state index in [9.17, 15) is 0 Å². The number of H-pyrrole nitrogens is 1. The fourth-order valence-corrected chi connectivity index (χ4v) is 13.2. The minimum absolute atomic E-state index is 0.606. The Labute approximate surface area is 128 Å². The van der Waals surface area contributed by atoms with Crippen LogP contribution >= 0.6 is 0 Å². The van der Waals surface area contributed by atoms with Gasteiger partial charge in [0.2, 0.25) is 0 Å². The molecule has 0 aliphatic heterocycles. The van der Waals surface area contributed by atoms with Crippen LogP contribution in [0.4, 0.5) is 0 Å². The van der Waals surface area contributed by atoms with Crippen molar-refractivity contribution in [2.75, 3.05) is 0 Å². The van der Waals surface area contributed by atoms with Crippen LogP contribution in [0.5, 0.6) is 0 Å². The summed E-state index contributed by atoms with van der Waals surface area (Å²) in [6.45, 7) is 14.9. The van der Waals surface area contributed by atoms with Gasteiger partial charge in [-0.25, -0.2) is 0 Å². The van der Waals surface area contributed by atoms with E-state index >= 15 is 0 Å².